The quantitative estimate of drug-likeness (QED) is 0.864. The van der Waals surface area contributed by atoms with Crippen molar-refractivity contribution in [2.24, 2.45) is 0 Å². The van der Waals surface area contributed by atoms with Gasteiger partial charge < -0.3 is 9.47 Å². The topological polar surface area (TPSA) is 34.6 Å². The summed E-state index contributed by atoms with van der Waals surface area (Å²) in [6, 6.07) is 12.3. The minimum Gasteiger partial charge on any atom is -0.494 e. The molecule has 21 heavy (non-hydrogen) atoms. The molecular weight excluding hydrogens is 264 g/mol. The third kappa shape index (κ3) is 3.23. The van der Waals surface area contributed by atoms with Gasteiger partial charge in [0.25, 0.3) is 0 Å². The lowest BCUT2D eigenvalue weighted by atomic mass is 10.0. The number of hydrogen-bond donors (Lipinski definition) is 0. The van der Waals surface area contributed by atoms with Crippen LogP contribution in [0, 0.1) is 0 Å². The SMILES string of the molecule is COc1cccnc1-c1ccccc1CN1CCOCC1. The van der Waals surface area contributed by atoms with Crippen molar-refractivity contribution >= 4 is 0 Å². The van der Waals surface area contributed by atoms with E-state index in [1.54, 1.807) is 7.11 Å². The molecule has 0 unspecified atom stereocenters. The Morgan fingerprint density at radius 2 is 1.95 bits per heavy atom. The van der Waals surface area contributed by atoms with Gasteiger partial charge in [-0.3, -0.25) is 9.88 Å². The Balaban J connectivity index is 1.91. The smallest absolute Gasteiger partial charge is 0.145 e. The van der Waals surface area contributed by atoms with E-state index in [-0.39, 0.29) is 0 Å². The first-order chi connectivity index (χ1) is 10.4. The van der Waals surface area contributed by atoms with Crippen LogP contribution in [0.4, 0.5) is 0 Å². The molecule has 1 aromatic carbocycles. The predicted molar refractivity (Wildman–Crippen MR) is 82.3 cm³/mol. The molecule has 0 spiro atoms. The summed E-state index contributed by atoms with van der Waals surface area (Å²) < 4.78 is 10.9. The van der Waals surface area contributed by atoms with Crippen LogP contribution in [0.3, 0.4) is 0 Å². The third-order valence-corrected chi connectivity index (χ3v) is 3.76. The molecular formula is C17H20N2O2. The number of ether oxygens (including phenoxy) is 2. The molecule has 0 radical (unpaired) electrons. The summed E-state index contributed by atoms with van der Waals surface area (Å²) in [6.07, 6.45) is 1.81. The van der Waals surface area contributed by atoms with Gasteiger partial charge in [0.2, 0.25) is 0 Å². The van der Waals surface area contributed by atoms with Crippen molar-refractivity contribution in [3.05, 3.63) is 48.2 Å². The maximum absolute atomic E-state index is 5.45. The average Bonchev–Trinajstić information content (AvgIpc) is 2.56. The van der Waals surface area contributed by atoms with Gasteiger partial charge in [0, 0.05) is 31.4 Å². The van der Waals surface area contributed by atoms with E-state index < -0.39 is 0 Å². The van der Waals surface area contributed by atoms with Crippen LogP contribution in [-0.4, -0.2) is 43.3 Å². The van der Waals surface area contributed by atoms with Crippen LogP contribution in [0.2, 0.25) is 0 Å². The summed E-state index contributed by atoms with van der Waals surface area (Å²) in [6.45, 7) is 4.50. The van der Waals surface area contributed by atoms with Crippen LogP contribution in [0.15, 0.2) is 42.6 Å². The van der Waals surface area contributed by atoms with Crippen molar-refractivity contribution < 1.29 is 9.47 Å². The Morgan fingerprint density at radius 1 is 1.14 bits per heavy atom. The fraction of sp³-hybridized carbons (Fsp3) is 0.353. The summed E-state index contributed by atoms with van der Waals surface area (Å²) in [5.41, 5.74) is 3.32. The maximum atomic E-state index is 5.45. The fourth-order valence-corrected chi connectivity index (χ4v) is 2.65. The maximum Gasteiger partial charge on any atom is 0.145 e. The van der Waals surface area contributed by atoms with E-state index in [4.69, 9.17) is 9.47 Å². The van der Waals surface area contributed by atoms with Crippen LogP contribution < -0.4 is 4.74 Å². The second-order valence-corrected chi connectivity index (χ2v) is 5.10. The lowest BCUT2D eigenvalue weighted by molar-refractivity contribution is 0.0342. The van der Waals surface area contributed by atoms with Gasteiger partial charge in [-0.25, -0.2) is 0 Å². The second kappa shape index (κ2) is 6.70. The standard InChI is InChI=1S/C17H20N2O2/c1-20-16-7-4-8-18-17(16)15-6-3-2-5-14(15)13-19-9-11-21-12-10-19/h2-8H,9-13H2,1H3. The Labute approximate surface area is 125 Å². The van der Waals surface area contributed by atoms with E-state index in [1.807, 2.05) is 24.4 Å². The molecule has 0 saturated carbocycles. The third-order valence-electron chi connectivity index (χ3n) is 3.76. The molecule has 0 amide bonds. The molecule has 1 aliphatic rings. The van der Waals surface area contributed by atoms with Gasteiger partial charge in [0.1, 0.15) is 11.4 Å². The zero-order chi connectivity index (χ0) is 14.5. The van der Waals surface area contributed by atoms with Crippen LogP contribution in [-0.2, 0) is 11.3 Å². The zero-order valence-electron chi connectivity index (χ0n) is 12.3. The average molecular weight is 284 g/mol. The Kier molecular flexibility index (Phi) is 4.48. The molecule has 4 nitrogen and oxygen atoms in total. The number of aromatic nitrogens is 1. The zero-order valence-corrected chi connectivity index (χ0v) is 12.3. The lowest BCUT2D eigenvalue weighted by Crippen LogP contribution is -2.35. The predicted octanol–water partition coefficient (Wildman–Crippen LogP) is 2.59. The monoisotopic (exact) mass is 284 g/mol. The van der Waals surface area contributed by atoms with E-state index in [9.17, 15) is 0 Å². The number of methoxy groups -OCH3 is 1. The van der Waals surface area contributed by atoms with Gasteiger partial charge in [-0.2, -0.15) is 0 Å². The first-order valence-corrected chi connectivity index (χ1v) is 7.26. The van der Waals surface area contributed by atoms with Crippen molar-refractivity contribution in [1.29, 1.82) is 0 Å². The summed E-state index contributed by atoms with van der Waals surface area (Å²) in [7, 11) is 1.69. The highest BCUT2D eigenvalue weighted by atomic mass is 16.5. The largest absolute Gasteiger partial charge is 0.494 e. The molecule has 0 aliphatic carbocycles. The molecule has 0 N–H and O–H groups in total. The van der Waals surface area contributed by atoms with Gasteiger partial charge in [0.05, 0.1) is 20.3 Å². The number of rotatable bonds is 4. The highest BCUT2D eigenvalue weighted by Gasteiger charge is 2.15. The Hall–Kier alpha value is -1.91. The van der Waals surface area contributed by atoms with Crippen LogP contribution in [0.25, 0.3) is 11.3 Å². The van der Waals surface area contributed by atoms with Crippen molar-refractivity contribution in [1.82, 2.24) is 9.88 Å². The van der Waals surface area contributed by atoms with E-state index in [2.05, 4.69) is 28.1 Å². The van der Waals surface area contributed by atoms with Gasteiger partial charge in [-0.1, -0.05) is 24.3 Å². The van der Waals surface area contributed by atoms with E-state index in [1.165, 1.54) is 5.56 Å². The summed E-state index contributed by atoms with van der Waals surface area (Å²) >= 11 is 0. The normalized spacial score (nSPS) is 15.9. The van der Waals surface area contributed by atoms with Crippen LogP contribution in [0.1, 0.15) is 5.56 Å². The second-order valence-electron chi connectivity index (χ2n) is 5.10. The van der Waals surface area contributed by atoms with Crippen molar-refractivity contribution in [3.8, 4) is 17.0 Å². The first-order valence-electron chi connectivity index (χ1n) is 7.26. The molecule has 1 fully saturated rings. The van der Waals surface area contributed by atoms with Crippen molar-refractivity contribution in [2.75, 3.05) is 33.4 Å². The van der Waals surface area contributed by atoms with Gasteiger partial charge >= 0.3 is 0 Å². The van der Waals surface area contributed by atoms with Crippen LogP contribution in [0.5, 0.6) is 5.75 Å². The van der Waals surface area contributed by atoms with Gasteiger partial charge in [-0.15, -0.1) is 0 Å². The number of morpholine rings is 1. The highest BCUT2D eigenvalue weighted by Crippen LogP contribution is 2.30. The number of benzene rings is 1. The highest BCUT2D eigenvalue weighted by molar-refractivity contribution is 5.69. The number of hydrogen-bond acceptors (Lipinski definition) is 4. The van der Waals surface area contributed by atoms with Gasteiger partial charge in [0.15, 0.2) is 0 Å². The number of pyridine rings is 1. The van der Waals surface area contributed by atoms with Crippen LogP contribution >= 0.6 is 0 Å². The Morgan fingerprint density at radius 3 is 2.76 bits per heavy atom. The molecule has 0 bridgehead atoms. The molecule has 1 aliphatic heterocycles. The summed E-state index contributed by atoms with van der Waals surface area (Å²) in [4.78, 5) is 6.92. The first kappa shape index (κ1) is 14.0. The minimum absolute atomic E-state index is 0.812. The van der Waals surface area contributed by atoms with Gasteiger partial charge in [-0.05, 0) is 17.7 Å². The van der Waals surface area contributed by atoms with Crippen molar-refractivity contribution in [3.63, 3.8) is 0 Å². The molecule has 1 saturated heterocycles. The lowest BCUT2D eigenvalue weighted by Gasteiger charge is -2.27. The summed E-state index contributed by atoms with van der Waals surface area (Å²) in [5.74, 6) is 0.812. The van der Waals surface area contributed by atoms with E-state index in [0.29, 0.717) is 0 Å². The molecule has 2 heterocycles. The van der Waals surface area contributed by atoms with E-state index >= 15 is 0 Å². The summed E-state index contributed by atoms with van der Waals surface area (Å²) in [5, 5.41) is 0. The van der Waals surface area contributed by atoms with E-state index in [0.717, 1.165) is 49.9 Å². The molecule has 1 aromatic heterocycles. The van der Waals surface area contributed by atoms with Crippen molar-refractivity contribution in [2.45, 2.75) is 6.54 Å². The molecule has 110 valence electrons. The molecule has 2 aromatic rings. The Bertz CT molecular complexity index is 595. The molecule has 3 rings (SSSR count). The minimum atomic E-state index is 0.812. The number of nitrogens with zero attached hydrogens (tertiary/aromatic N) is 2. The molecule has 0 atom stereocenters. The fourth-order valence-electron chi connectivity index (χ4n) is 2.65. The molecule has 4 heteroatoms.